The summed E-state index contributed by atoms with van der Waals surface area (Å²) >= 11 is 1.47. The SMILES string of the molecule is CC1(C)Cc2cccc(OC(=O)NCSc3ccc4c(c3)OCO4)c2O1. The summed E-state index contributed by atoms with van der Waals surface area (Å²) in [7, 11) is 0. The first-order chi connectivity index (χ1) is 12.5. The van der Waals surface area contributed by atoms with E-state index in [1.165, 1.54) is 11.8 Å². The Labute approximate surface area is 155 Å². The molecule has 0 bridgehead atoms. The summed E-state index contributed by atoms with van der Waals surface area (Å²) in [6.45, 7) is 4.27. The number of carbonyl (C=O) groups excluding carboxylic acids is 1. The van der Waals surface area contributed by atoms with Crippen molar-refractivity contribution in [3.8, 4) is 23.0 Å². The molecule has 0 radical (unpaired) electrons. The Morgan fingerprint density at radius 1 is 1.23 bits per heavy atom. The van der Waals surface area contributed by atoms with E-state index < -0.39 is 6.09 Å². The molecule has 2 aromatic rings. The number of rotatable bonds is 4. The average Bonchev–Trinajstić information content (AvgIpc) is 3.17. The van der Waals surface area contributed by atoms with E-state index in [-0.39, 0.29) is 12.4 Å². The molecule has 1 N–H and O–H groups in total. The Bertz CT molecular complexity index is 852. The van der Waals surface area contributed by atoms with Crippen LogP contribution in [-0.2, 0) is 6.42 Å². The van der Waals surface area contributed by atoms with Crippen molar-refractivity contribution < 1.29 is 23.7 Å². The largest absolute Gasteiger partial charge is 0.483 e. The molecule has 6 nitrogen and oxygen atoms in total. The van der Waals surface area contributed by atoms with Gasteiger partial charge in [0.25, 0.3) is 0 Å². The number of para-hydroxylation sites is 1. The molecule has 0 fully saturated rings. The molecule has 0 spiro atoms. The first-order valence-corrected chi connectivity index (χ1v) is 9.28. The van der Waals surface area contributed by atoms with E-state index in [0.717, 1.165) is 28.4 Å². The summed E-state index contributed by atoms with van der Waals surface area (Å²) in [5.41, 5.74) is 0.767. The Hall–Kier alpha value is -2.54. The van der Waals surface area contributed by atoms with Gasteiger partial charge >= 0.3 is 6.09 Å². The number of fused-ring (bicyclic) bond motifs is 2. The second-order valence-corrected chi connectivity index (χ2v) is 7.70. The second-order valence-electron chi connectivity index (χ2n) is 6.65. The van der Waals surface area contributed by atoms with Crippen LogP contribution in [0.4, 0.5) is 4.79 Å². The van der Waals surface area contributed by atoms with E-state index in [1.807, 2.05) is 44.2 Å². The van der Waals surface area contributed by atoms with Gasteiger partial charge in [0.2, 0.25) is 6.79 Å². The molecule has 26 heavy (non-hydrogen) atoms. The number of ether oxygens (including phenoxy) is 4. The van der Waals surface area contributed by atoms with Crippen molar-refractivity contribution in [1.29, 1.82) is 0 Å². The van der Waals surface area contributed by atoms with Gasteiger partial charge in [-0.25, -0.2) is 4.79 Å². The summed E-state index contributed by atoms with van der Waals surface area (Å²) in [6.07, 6.45) is 0.279. The molecule has 7 heteroatoms. The fourth-order valence-corrected chi connectivity index (χ4v) is 3.66. The molecule has 136 valence electrons. The summed E-state index contributed by atoms with van der Waals surface area (Å²) in [6, 6.07) is 11.3. The van der Waals surface area contributed by atoms with Crippen LogP contribution in [0.25, 0.3) is 0 Å². The molecule has 2 heterocycles. The van der Waals surface area contributed by atoms with Crippen LogP contribution in [-0.4, -0.2) is 24.4 Å². The quantitative estimate of drug-likeness (QED) is 0.646. The van der Waals surface area contributed by atoms with Crippen molar-refractivity contribution in [2.75, 3.05) is 12.7 Å². The van der Waals surface area contributed by atoms with Crippen molar-refractivity contribution in [1.82, 2.24) is 5.32 Å². The molecule has 1 amide bonds. The van der Waals surface area contributed by atoms with Crippen LogP contribution in [0.3, 0.4) is 0 Å². The molecule has 4 rings (SSSR count). The fraction of sp³-hybridized carbons (Fsp3) is 0.316. The van der Waals surface area contributed by atoms with Gasteiger partial charge in [0.15, 0.2) is 23.0 Å². The zero-order valence-corrected chi connectivity index (χ0v) is 15.4. The molecule has 0 unspecified atom stereocenters. The minimum Gasteiger partial charge on any atom is -0.483 e. The van der Waals surface area contributed by atoms with Crippen LogP contribution in [0.2, 0.25) is 0 Å². The highest BCUT2D eigenvalue weighted by molar-refractivity contribution is 7.99. The van der Waals surface area contributed by atoms with Gasteiger partial charge in [0.1, 0.15) is 5.60 Å². The lowest BCUT2D eigenvalue weighted by Crippen LogP contribution is -2.27. The first-order valence-electron chi connectivity index (χ1n) is 8.29. The van der Waals surface area contributed by atoms with Crippen LogP contribution in [0, 0.1) is 0 Å². The van der Waals surface area contributed by atoms with E-state index in [4.69, 9.17) is 18.9 Å². The monoisotopic (exact) mass is 373 g/mol. The van der Waals surface area contributed by atoms with E-state index >= 15 is 0 Å². The van der Waals surface area contributed by atoms with Crippen molar-refractivity contribution >= 4 is 17.9 Å². The first kappa shape index (κ1) is 16.9. The number of amides is 1. The van der Waals surface area contributed by atoms with E-state index in [9.17, 15) is 4.79 Å². The maximum absolute atomic E-state index is 12.1. The van der Waals surface area contributed by atoms with Gasteiger partial charge < -0.3 is 24.3 Å². The van der Waals surface area contributed by atoms with Gasteiger partial charge in [-0.1, -0.05) is 12.1 Å². The lowest BCUT2D eigenvalue weighted by atomic mass is 10.0. The molecule has 0 saturated heterocycles. The standard InChI is InChI=1S/C19H19NO5S/c1-19(2)9-12-4-3-5-15(17(12)25-19)24-18(21)20-10-26-13-6-7-14-16(8-13)23-11-22-14/h3-8H,9-11H2,1-2H3,(H,20,21). The van der Waals surface area contributed by atoms with Crippen molar-refractivity contribution in [2.45, 2.75) is 30.8 Å². The van der Waals surface area contributed by atoms with Crippen LogP contribution in [0.5, 0.6) is 23.0 Å². The highest BCUT2D eigenvalue weighted by Crippen LogP contribution is 2.41. The molecule has 0 atom stereocenters. The number of thioether (sulfide) groups is 1. The van der Waals surface area contributed by atoms with Crippen LogP contribution >= 0.6 is 11.8 Å². The van der Waals surface area contributed by atoms with Gasteiger partial charge in [-0.3, -0.25) is 0 Å². The third-order valence-corrected chi connectivity index (χ3v) is 4.93. The van der Waals surface area contributed by atoms with Crippen molar-refractivity contribution in [3.63, 3.8) is 0 Å². The second kappa shape index (κ2) is 6.64. The van der Waals surface area contributed by atoms with Crippen LogP contribution in [0.15, 0.2) is 41.3 Å². The van der Waals surface area contributed by atoms with Gasteiger partial charge in [0, 0.05) is 16.9 Å². The molecule has 0 aliphatic carbocycles. The lowest BCUT2D eigenvalue weighted by Gasteiger charge is -2.18. The van der Waals surface area contributed by atoms with Gasteiger partial charge in [0.05, 0.1) is 5.88 Å². The van der Waals surface area contributed by atoms with Crippen LogP contribution < -0.4 is 24.3 Å². The van der Waals surface area contributed by atoms with E-state index in [2.05, 4.69) is 5.32 Å². The highest BCUT2D eigenvalue weighted by Gasteiger charge is 2.32. The van der Waals surface area contributed by atoms with Gasteiger partial charge in [-0.15, -0.1) is 11.8 Å². The van der Waals surface area contributed by atoms with Crippen molar-refractivity contribution in [3.05, 3.63) is 42.0 Å². The number of carbonyl (C=O) groups is 1. The van der Waals surface area contributed by atoms with Crippen molar-refractivity contribution in [2.24, 2.45) is 0 Å². The number of benzene rings is 2. The maximum atomic E-state index is 12.1. The number of nitrogens with one attached hydrogen (secondary N) is 1. The zero-order valence-electron chi connectivity index (χ0n) is 14.5. The molecular weight excluding hydrogens is 354 g/mol. The van der Waals surface area contributed by atoms with E-state index in [1.54, 1.807) is 6.07 Å². The third kappa shape index (κ3) is 3.53. The third-order valence-electron chi connectivity index (χ3n) is 4.06. The predicted molar refractivity (Wildman–Crippen MR) is 97.3 cm³/mol. The van der Waals surface area contributed by atoms with Gasteiger partial charge in [-0.2, -0.15) is 0 Å². The van der Waals surface area contributed by atoms with E-state index in [0.29, 0.717) is 17.4 Å². The molecular formula is C19H19NO5S. The minimum atomic E-state index is -0.514. The molecule has 2 aliphatic heterocycles. The van der Waals surface area contributed by atoms with Crippen LogP contribution in [0.1, 0.15) is 19.4 Å². The maximum Gasteiger partial charge on any atom is 0.413 e. The average molecular weight is 373 g/mol. The van der Waals surface area contributed by atoms with Gasteiger partial charge in [-0.05, 0) is 38.1 Å². The number of hydrogen-bond acceptors (Lipinski definition) is 6. The molecule has 0 saturated carbocycles. The topological polar surface area (TPSA) is 66.0 Å². The molecule has 0 aromatic heterocycles. The Morgan fingerprint density at radius 3 is 2.96 bits per heavy atom. The summed E-state index contributed by atoms with van der Waals surface area (Å²) < 4.78 is 22.0. The zero-order chi connectivity index (χ0) is 18.1. The summed E-state index contributed by atoms with van der Waals surface area (Å²) in [5, 5.41) is 2.73. The summed E-state index contributed by atoms with van der Waals surface area (Å²) in [4.78, 5) is 13.1. The fourth-order valence-electron chi connectivity index (χ4n) is 2.95. The predicted octanol–water partition coefficient (Wildman–Crippen LogP) is 3.97. The summed E-state index contributed by atoms with van der Waals surface area (Å²) in [5.74, 6) is 2.93. The Kier molecular flexibility index (Phi) is 4.32. The molecule has 2 aromatic carbocycles. The lowest BCUT2D eigenvalue weighted by molar-refractivity contribution is 0.133. The number of hydrogen-bond donors (Lipinski definition) is 1. The minimum absolute atomic E-state index is 0.244. The highest BCUT2D eigenvalue weighted by atomic mass is 32.2. The Morgan fingerprint density at radius 2 is 2.08 bits per heavy atom. The molecule has 2 aliphatic rings. The normalized spacial score (nSPS) is 15.9. The smallest absolute Gasteiger partial charge is 0.413 e. The Balaban J connectivity index is 1.32.